The molecule has 1 atom stereocenters. The molecule has 1 amide bonds. The monoisotopic (exact) mass is 514 g/mol. The Morgan fingerprint density at radius 1 is 1.20 bits per heavy atom. The molecule has 1 unspecified atom stereocenters. The molecule has 0 radical (unpaired) electrons. The first kappa shape index (κ1) is 25.1. The SMILES string of the molecule is Cc1ccc(C)c(C=Cc2onc(C)c2S(=O)(=O)N2CCCC(C(=O)Nc3ccc(Cl)cn3)C2)c1. The van der Waals surface area contributed by atoms with Crippen LogP contribution in [0.5, 0.6) is 0 Å². The third-order valence-electron chi connectivity index (χ3n) is 6.01. The number of hydrogen-bond acceptors (Lipinski definition) is 6. The number of nitrogens with one attached hydrogen (secondary N) is 1. The largest absolute Gasteiger partial charge is 0.355 e. The van der Waals surface area contributed by atoms with Gasteiger partial charge < -0.3 is 9.84 Å². The number of nitrogens with zero attached hydrogens (tertiary/aromatic N) is 3. The summed E-state index contributed by atoms with van der Waals surface area (Å²) in [5.41, 5.74) is 3.41. The number of pyridine rings is 1. The van der Waals surface area contributed by atoms with Crippen LogP contribution >= 0.6 is 11.6 Å². The number of amides is 1. The molecular weight excluding hydrogens is 488 g/mol. The highest BCUT2D eigenvalue weighted by molar-refractivity contribution is 7.89. The number of anilines is 1. The van der Waals surface area contributed by atoms with Crippen LogP contribution in [0.25, 0.3) is 12.2 Å². The minimum absolute atomic E-state index is 0.0273. The fraction of sp³-hybridized carbons (Fsp3) is 0.320. The molecule has 1 saturated heterocycles. The molecule has 10 heteroatoms. The maximum Gasteiger partial charge on any atom is 0.248 e. The highest BCUT2D eigenvalue weighted by Gasteiger charge is 2.37. The van der Waals surface area contributed by atoms with Gasteiger partial charge in [-0.05, 0) is 62.9 Å². The number of halogens is 1. The predicted molar refractivity (Wildman–Crippen MR) is 135 cm³/mol. The molecular formula is C25H27ClN4O4S. The van der Waals surface area contributed by atoms with Gasteiger partial charge in [-0.25, -0.2) is 13.4 Å². The summed E-state index contributed by atoms with van der Waals surface area (Å²) in [6, 6.07) is 9.28. The third-order valence-corrected chi connectivity index (χ3v) is 8.26. The molecule has 0 saturated carbocycles. The van der Waals surface area contributed by atoms with Crippen LogP contribution in [0.15, 0.2) is 45.9 Å². The minimum atomic E-state index is -3.93. The Hall–Kier alpha value is -3.01. The zero-order chi connectivity index (χ0) is 25.2. The Morgan fingerprint density at radius 2 is 2.00 bits per heavy atom. The fourth-order valence-electron chi connectivity index (χ4n) is 4.09. The molecule has 1 fully saturated rings. The number of benzene rings is 1. The van der Waals surface area contributed by atoms with Crippen molar-refractivity contribution >= 4 is 45.5 Å². The molecule has 0 spiro atoms. The minimum Gasteiger partial charge on any atom is -0.355 e. The van der Waals surface area contributed by atoms with Crippen molar-refractivity contribution in [3.05, 3.63) is 69.7 Å². The van der Waals surface area contributed by atoms with Gasteiger partial charge in [0.1, 0.15) is 11.5 Å². The van der Waals surface area contributed by atoms with Gasteiger partial charge in [0.15, 0.2) is 10.7 Å². The van der Waals surface area contributed by atoms with E-state index in [9.17, 15) is 13.2 Å². The second-order valence-electron chi connectivity index (χ2n) is 8.71. The van der Waals surface area contributed by atoms with Gasteiger partial charge >= 0.3 is 0 Å². The van der Waals surface area contributed by atoms with Crippen molar-refractivity contribution in [1.29, 1.82) is 0 Å². The van der Waals surface area contributed by atoms with Crippen molar-refractivity contribution in [1.82, 2.24) is 14.4 Å². The van der Waals surface area contributed by atoms with E-state index in [1.54, 1.807) is 25.1 Å². The van der Waals surface area contributed by atoms with Crippen LogP contribution in [-0.4, -0.2) is 41.9 Å². The van der Waals surface area contributed by atoms with Crippen LogP contribution in [0, 0.1) is 26.7 Å². The van der Waals surface area contributed by atoms with Gasteiger partial charge in [-0.1, -0.05) is 46.6 Å². The van der Waals surface area contributed by atoms with Gasteiger partial charge in [-0.2, -0.15) is 4.31 Å². The molecule has 3 heterocycles. The van der Waals surface area contributed by atoms with Gasteiger partial charge in [0, 0.05) is 19.3 Å². The average Bonchev–Trinajstić information content (AvgIpc) is 3.22. The molecule has 4 rings (SSSR count). The van der Waals surface area contributed by atoms with Gasteiger partial charge in [-0.15, -0.1) is 0 Å². The number of piperidine rings is 1. The number of rotatable bonds is 6. The lowest BCUT2D eigenvalue weighted by Gasteiger charge is -2.31. The molecule has 1 aromatic carbocycles. The summed E-state index contributed by atoms with van der Waals surface area (Å²) < 4.78 is 34.0. The summed E-state index contributed by atoms with van der Waals surface area (Å²) >= 11 is 5.85. The Kier molecular flexibility index (Phi) is 7.39. The van der Waals surface area contributed by atoms with E-state index >= 15 is 0 Å². The van der Waals surface area contributed by atoms with E-state index in [2.05, 4.69) is 15.5 Å². The number of carbonyl (C=O) groups excluding carboxylic acids is 1. The maximum absolute atomic E-state index is 13.6. The molecule has 35 heavy (non-hydrogen) atoms. The highest BCUT2D eigenvalue weighted by atomic mass is 35.5. The van der Waals surface area contributed by atoms with E-state index in [1.165, 1.54) is 10.5 Å². The van der Waals surface area contributed by atoms with Gasteiger partial charge in [0.2, 0.25) is 15.9 Å². The van der Waals surface area contributed by atoms with E-state index in [1.807, 2.05) is 38.1 Å². The summed E-state index contributed by atoms with van der Waals surface area (Å²) in [5.74, 6) is -0.254. The average molecular weight is 515 g/mol. The molecule has 1 aliphatic rings. The zero-order valence-corrected chi connectivity index (χ0v) is 21.4. The smallest absolute Gasteiger partial charge is 0.248 e. The van der Waals surface area contributed by atoms with Crippen molar-refractivity contribution in [2.75, 3.05) is 18.4 Å². The van der Waals surface area contributed by atoms with Gasteiger partial charge in [0.05, 0.1) is 10.9 Å². The normalized spacial score (nSPS) is 17.1. The Morgan fingerprint density at radius 3 is 2.74 bits per heavy atom. The van der Waals surface area contributed by atoms with Crippen molar-refractivity contribution < 1.29 is 17.7 Å². The van der Waals surface area contributed by atoms with Crippen molar-refractivity contribution in [2.24, 2.45) is 5.92 Å². The topological polar surface area (TPSA) is 105 Å². The molecule has 0 aliphatic carbocycles. The van der Waals surface area contributed by atoms with Crippen molar-refractivity contribution in [2.45, 2.75) is 38.5 Å². The number of sulfonamides is 1. The first-order chi connectivity index (χ1) is 16.6. The fourth-order valence-corrected chi connectivity index (χ4v) is 5.97. The van der Waals surface area contributed by atoms with Crippen LogP contribution in [0.1, 0.15) is 41.0 Å². The molecule has 8 nitrogen and oxygen atoms in total. The highest BCUT2D eigenvalue weighted by Crippen LogP contribution is 2.30. The summed E-state index contributed by atoms with van der Waals surface area (Å²) in [4.78, 5) is 16.9. The summed E-state index contributed by atoms with van der Waals surface area (Å²) in [7, 11) is -3.93. The van der Waals surface area contributed by atoms with Crippen LogP contribution in [0.3, 0.4) is 0 Å². The maximum atomic E-state index is 13.6. The summed E-state index contributed by atoms with van der Waals surface area (Å²) in [6.45, 7) is 5.96. The van der Waals surface area contributed by atoms with E-state index < -0.39 is 15.9 Å². The second-order valence-corrected chi connectivity index (χ2v) is 11.0. The molecule has 2 aromatic heterocycles. The molecule has 1 aliphatic heterocycles. The van der Waals surface area contributed by atoms with Gasteiger partial charge in [0.25, 0.3) is 0 Å². The molecule has 3 aromatic rings. The van der Waals surface area contributed by atoms with E-state index in [-0.39, 0.29) is 28.8 Å². The van der Waals surface area contributed by atoms with Crippen molar-refractivity contribution in [3.8, 4) is 0 Å². The van der Waals surface area contributed by atoms with E-state index in [0.29, 0.717) is 30.2 Å². The van der Waals surface area contributed by atoms with E-state index in [4.69, 9.17) is 16.1 Å². The van der Waals surface area contributed by atoms with Crippen LogP contribution in [0.4, 0.5) is 5.82 Å². The van der Waals surface area contributed by atoms with Gasteiger partial charge in [-0.3, -0.25) is 4.79 Å². The molecule has 0 bridgehead atoms. The molecule has 1 N–H and O–H groups in total. The summed E-state index contributed by atoms with van der Waals surface area (Å²) in [6.07, 6.45) is 6.04. The number of carbonyl (C=O) groups is 1. The number of aryl methyl sites for hydroxylation is 3. The van der Waals surface area contributed by atoms with Crippen LogP contribution < -0.4 is 5.32 Å². The quantitative estimate of drug-likeness (QED) is 0.503. The lowest BCUT2D eigenvalue weighted by atomic mass is 9.99. The Labute approximate surface area is 210 Å². The summed E-state index contributed by atoms with van der Waals surface area (Å²) in [5, 5.41) is 7.12. The lowest BCUT2D eigenvalue weighted by molar-refractivity contribution is -0.120. The lowest BCUT2D eigenvalue weighted by Crippen LogP contribution is -2.44. The molecule has 184 valence electrons. The Bertz CT molecular complexity index is 1370. The van der Waals surface area contributed by atoms with Crippen LogP contribution in [0.2, 0.25) is 5.02 Å². The Balaban J connectivity index is 1.55. The third kappa shape index (κ3) is 5.63. The second kappa shape index (κ2) is 10.3. The predicted octanol–water partition coefficient (Wildman–Crippen LogP) is 4.86. The number of aromatic nitrogens is 2. The van der Waals surface area contributed by atoms with E-state index in [0.717, 1.165) is 16.7 Å². The zero-order valence-electron chi connectivity index (χ0n) is 19.8. The number of hydrogen-bond donors (Lipinski definition) is 1. The van der Waals surface area contributed by atoms with Crippen LogP contribution in [-0.2, 0) is 14.8 Å². The standard InChI is InChI=1S/C25H27ClN4O4S/c1-16-6-7-17(2)19(13-16)8-10-22-24(18(3)29-34-22)35(32,33)30-12-4-5-20(15-30)25(31)28-23-11-9-21(26)14-27-23/h6-11,13-14,20H,4-5,12,15H2,1-3H3,(H,27,28,31). The first-order valence-corrected chi connectivity index (χ1v) is 13.1. The van der Waals surface area contributed by atoms with Crippen molar-refractivity contribution in [3.63, 3.8) is 0 Å². The first-order valence-electron chi connectivity index (χ1n) is 11.3.